The Labute approximate surface area is 79.0 Å². The minimum absolute atomic E-state index is 0.502. The number of hydrogen-bond donors (Lipinski definition) is 0. The molecule has 68 valence electrons. The van der Waals surface area contributed by atoms with Crippen molar-refractivity contribution in [1.82, 2.24) is 0 Å². The summed E-state index contributed by atoms with van der Waals surface area (Å²) in [5.41, 5.74) is 0.528. The van der Waals surface area contributed by atoms with Gasteiger partial charge < -0.3 is 14.2 Å². The summed E-state index contributed by atoms with van der Waals surface area (Å²) in [6.45, 7) is 0. The molecule has 0 heterocycles. The Morgan fingerprint density at radius 2 is 1.54 bits per heavy atom. The van der Waals surface area contributed by atoms with Crippen LogP contribution in [0, 0.1) is 0 Å². The SMILES string of the molecule is [B]c1ccc(OC)c(OC)c1OC. The first-order valence-corrected chi connectivity index (χ1v) is 3.79. The summed E-state index contributed by atoms with van der Waals surface area (Å²) in [4.78, 5) is 0. The van der Waals surface area contributed by atoms with Gasteiger partial charge >= 0.3 is 0 Å². The lowest BCUT2D eigenvalue weighted by molar-refractivity contribution is 0.326. The van der Waals surface area contributed by atoms with E-state index in [2.05, 4.69) is 0 Å². The average molecular weight is 178 g/mol. The van der Waals surface area contributed by atoms with Gasteiger partial charge in [-0.05, 0) is 6.07 Å². The van der Waals surface area contributed by atoms with Gasteiger partial charge in [0, 0.05) is 0 Å². The first kappa shape index (κ1) is 9.77. The van der Waals surface area contributed by atoms with Gasteiger partial charge in [-0.15, -0.1) is 0 Å². The minimum atomic E-state index is 0.502. The van der Waals surface area contributed by atoms with Gasteiger partial charge in [0.15, 0.2) is 11.5 Å². The van der Waals surface area contributed by atoms with Crippen LogP contribution in [0.2, 0.25) is 0 Å². The number of benzene rings is 1. The van der Waals surface area contributed by atoms with Gasteiger partial charge in [-0.25, -0.2) is 0 Å². The van der Waals surface area contributed by atoms with Crippen LogP contribution in [0.15, 0.2) is 12.1 Å². The molecule has 0 aliphatic heterocycles. The summed E-state index contributed by atoms with van der Waals surface area (Å²) in [5, 5.41) is 0. The molecule has 1 rings (SSSR count). The maximum Gasteiger partial charge on any atom is 0.202 e. The molecule has 0 unspecified atom stereocenters. The molecule has 2 radical (unpaired) electrons. The van der Waals surface area contributed by atoms with E-state index >= 15 is 0 Å². The molecule has 0 aliphatic rings. The summed E-state index contributed by atoms with van der Waals surface area (Å²) in [7, 11) is 10.3. The van der Waals surface area contributed by atoms with Crippen molar-refractivity contribution in [2.45, 2.75) is 0 Å². The summed E-state index contributed by atoms with van der Waals surface area (Å²) >= 11 is 0. The summed E-state index contributed by atoms with van der Waals surface area (Å²) in [5.74, 6) is 1.63. The van der Waals surface area contributed by atoms with E-state index in [1.165, 1.54) is 7.11 Å². The second-order valence-electron chi connectivity index (χ2n) is 2.42. The van der Waals surface area contributed by atoms with Gasteiger partial charge in [-0.2, -0.15) is 0 Å². The van der Waals surface area contributed by atoms with Crippen LogP contribution in [0.3, 0.4) is 0 Å². The van der Waals surface area contributed by atoms with Gasteiger partial charge in [-0.3, -0.25) is 0 Å². The minimum Gasteiger partial charge on any atom is -0.493 e. The fraction of sp³-hybridized carbons (Fsp3) is 0.333. The van der Waals surface area contributed by atoms with Crippen molar-refractivity contribution in [1.29, 1.82) is 0 Å². The Hall–Kier alpha value is -1.32. The van der Waals surface area contributed by atoms with Crippen molar-refractivity contribution < 1.29 is 14.2 Å². The van der Waals surface area contributed by atoms with E-state index in [0.29, 0.717) is 22.7 Å². The number of methoxy groups -OCH3 is 3. The largest absolute Gasteiger partial charge is 0.493 e. The zero-order valence-corrected chi connectivity index (χ0v) is 7.96. The van der Waals surface area contributed by atoms with Crippen LogP contribution in [-0.4, -0.2) is 29.2 Å². The lowest BCUT2D eigenvalue weighted by Gasteiger charge is -2.13. The normalized spacial score (nSPS) is 9.46. The lowest BCUT2D eigenvalue weighted by atomic mass is 9.94. The molecule has 1 aromatic carbocycles. The first-order chi connectivity index (χ1) is 6.24. The van der Waals surface area contributed by atoms with E-state index in [1.807, 2.05) is 0 Å². The fourth-order valence-electron chi connectivity index (χ4n) is 1.12. The maximum absolute atomic E-state index is 5.67. The molecule has 3 nitrogen and oxygen atoms in total. The standard InChI is InChI=1S/C9H11BO3/c1-11-7-5-4-6(10)8(12-2)9(7)13-3/h4-5H,1-3H3. The zero-order chi connectivity index (χ0) is 9.84. The van der Waals surface area contributed by atoms with Crippen LogP contribution in [0.1, 0.15) is 0 Å². The average Bonchev–Trinajstić information content (AvgIpc) is 2.17. The fourth-order valence-corrected chi connectivity index (χ4v) is 1.12. The molecule has 0 fully saturated rings. The molecule has 0 aromatic heterocycles. The molecular weight excluding hydrogens is 167 g/mol. The third-order valence-corrected chi connectivity index (χ3v) is 1.73. The quantitative estimate of drug-likeness (QED) is 0.631. The molecule has 0 spiro atoms. The van der Waals surface area contributed by atoms with Crippen LogP contribution >= 0.6 is 0 Å². The topological polar surface area (TPSA) is 27.7 Å². The van der Waals surface area contributed by atoms with Gasteiger partial charge in [0.2, 0.25) is 5.75 Å². The van der Waals surface area contributed by atoms with Crippen molar-refractivity contribution in [3.05, 3.63) is 12.1 Å². The molecular formula is C9H11BO3. The molecule has 0 saturated carbocycles. The molecule has 0 bridgehead atoms. The predicted molar refractivity (Wildman–Crippen MR) is 51.5 cm³/mol. The molecule has 0 aliphatic carbocycles. The van der Waals surface area contributed by atoms with E-state index < -0.39 is 0 Å². The molecule has 13 heavy (non-hydrogen) atoms. The van der Waals surface area contributed by atoms with E-state index in [4.69, 9.17) is 22.1 Å². The van der Waals surface area contributed by atoms with Gasteiger partial charge in [0.05, 0.1) is 21.3 Å². The highest BCUT2D eigenvalue weighted by Crippen LogP contribution is 2.34. The number of rotatable bonds is 3. The smallest absolute Gasteiger partial charge is 0.202 e. The highest BCUT2D eigenvalue weighted by Gasteiger charge is 2.11. The van der Waals surface area contributed by atoms with Crippen LogP contribution in [0.4, 0.5) is 0 Å². The van der Waals surface area contributed by atoms with E-state index in [0.717, 1.165) is 0 Å². The van der Waals surface area contributed by atoms with Crippen molar-refractivity contribution >= 4 is 13.3 Å². The van der Waals surface area contributed by atoms with Crippen molar-refractivity contribution in [2.24, 2.45) is 0 Å². The molecule has 0 atom stereocenters. The third-order valence-electron chi connectivity index (χ3n) is 1.73. The van der Waals surface area contributed by atoms with Crippen molar-refractivity contribution in [3.8, 4) is 17.2 Å². The number of ether oxygens (including phenoxy) is 3. The highest BCUT2D eigenvalue weighted by molar-refractivity contribution is 6.34. The Bertz CT molecular complexity index is 299. The van der Waals surface area contributed by atoms with Gasteiger partial charge in [-0.1, -0.05) is 11.5 Å². The van der Waals surface area contributed by atoms with Crippen LogP contribution < -0.4 is 19.7 Å². The summed E-state index contributed by atoms with van der Waals surface area (Å²) in [6.07, 6.45) is 0. The van der Waals surface area contributed by atoms with Gasteiger partial charge in [0.1, 0.15) is 7.85 Å². The lowest BCUT2D eigenvalue weighted by Crippen LogP contribution is -2.09. The molecule has 0 N–H and O–H groups in total. The van der Waals surface area contributed by atoms with Gasteiger partial charge in [0.25, 0.3) is 0 Å². The van der Waals surface area contributed by atoms with Crippen LogP contribution in [-0.2, 0) is 0 Å². The van der Waals surface area contributed by atoms with Crippen LogP contribution in [0.25, 0.3) is 0 Å². The number of hydrogen-bond acceptors (Lipinski definition) is 3. The maximum atomic E-state index is 5.67. The third kappa shape index (κ3) is 1.71. The van der Waals surface area contributed by atoms with Crippen molar-refractivity contribution in [2.75, 3.05) is 21.3 Å². The molecule has 0 saturated heterocycles. The second kappa shape index (κ2) is 4.07. The van der Waals surface area contributed by atoms with E-state index in [-0.39, 0.29) is 0 Å². The molecule has 4 heteroatoms. The van der Waals surface area contributed by atoms with Crippen molar-refractivity contribution in [3.63, 3.8) is 0 Å². The van der Waals surface area contributed by atoms with Crippen LogP contribution in [0.5, 0.6) is 17.2 Å². The zero-order valence-electron chi connectivity index (χ0n) is 7.96. The molecule has 1 aromatic rings. The summed E-state index contributed by atoms with van der Waals surface area (Å²) in [6, 6.07) is 3.44. The van der Waals surface area contributed by atoms with E-state index in [9.17, 15) is 0 Å². The van der Waals surface area contributed by atoms with E-state index in [1.54, 1.807) is 26.4 Å². The Balaban J connectivity index is 3.27. The Morgan fingerprint density at radius 1 is 0.923 bits per heavy atom. The summed E-state index contributed by atoms with van der Waals surface area (Å²) < 4.78 is 15.3. The predicted octanol–water partition coefficient (Wildman–Crippen LogP) is 0.506. The molecule has 0 amide bonds. The highest BCUT2D eigenvalue weighted by atomic mass is 16.5. The second-order valence-corrected chi connectivity index (χ2v) is 2.42. The first-order valence-electron chi connectivity index (χ1n) is 3.79. The monoisotopic (exact) mass is 178 g/mol. The Kier molecular flexibility index (Phi) is 3.06. The Morgan fingerprint density at radius 3 is 2.00 bits per heavy atom.